The van der Waals surface area contributed by atoms with Gasteiger partial charge < -0.3 is 14.8 Å². The minimum absolute atomic E-state index is 0.341. The van der Waals surface area contributed by atoms with Gasteiger partial charge in [0.1, 0.15) is 17.7 Å². The standard InChI is InChI=1S/C15H17FN8/c1-9-11(16)14(22-10(2)21-9)23-3-5-24(6-4-23)15-12-13(18-7-17-12)19-8-20-15/h7-8H,3-6H2,1-2H3,(H,17,18,19,20). The maximum Gasteiger partial charge on any atom is 0.186 e. The Hall–Kier alpha value is -2.84. The van der Waals surface area contributed by atoms with Gasteiger partial charge in [0, 0.05) is 26.2 Å². The van der Waals surface area contributed by atoms with E-state index >= 15 is 0 Å². The van der Waals surface area contributed by atoms with Crippen LogP contribution in [0, 0.1) is 19.7 Å². The van der Waals surface area contributed by atoms with Crippen LogP contribution in [0.25, 0.3) is 11.2 Å². The normalized spacial score (nSPS) is 15.3. The summed E-state index contributed by atoms with van der Waals surface area (Å²) in [5.74, 6) is 1.45. The number of nitrogens with one attached hydrogen (secondary N) is 1. The highest BCUT2D eigenvalue weighted by molar-refractivity contribution is 5.82. The number of hydrogen-bond acceptors (Lipinski definition) is 7. The molecular weight excluding hydrogens is 311 g/mol. The fraction of sp³-hybridized carbons (Fsp3) is 0.400. The lowest BCUT2D eigenvalue weighted by atomic mass is 10.2. The van der Waals surface area contributed by atoms with E-state index in [1.165, 1.54) is 6.33 Å². The Kier molecular flexibility index (Phi) is 3.47. The smallest absolute Gasteiger partial charge is 0.186 e. The van der Waals surface area contributed by atoms with Gasteiger partial charge in [-0.1, -0.05) is 0 Å². The predicted octanol–water partition coefficient (Wildman–Crippen LogP) is 1.23. The second-order valence-electron chi connectivity index (χ2n) is 5.77. The number of halogens is 1. The number of H-pyrrole nitrogens is 1. The van der Waals surface area contributed by atoms with Crippen molar-refractivity contribution in [2.24, 2.45) is 0 Å². The van der Waals surface area contributed by atoms with E-state index in [1.807, 2.05) is 4.90 Å². The third-order valence-corrected chi connectivity index (χ3v) is 4.19. The Morgan fingerprint density at radius 2 is 1.67 bits per heavy atom. The van der Waals surface area contributed by atoms with Crippen LogP contribution in [-0.2, 0) is 0 Å². The molecule has 0 atom stereocenters. The molecule has 0 amide bonds. The maximum absolute atomic E-state index is 14.3. The Labute approximate surface area is 137 Å². The molecule has 1 saturated heterocycles. The average molecular weight is 328 g/mol. The summed E-state index contributed by atoms with van der Waals surface area (Å²) < 4.78 is 14.3. The molecule has 1 N–H and O–H groups in total. The molecule has 0 unspecified atom stereocenters. The zero-order valence-electron chi connectivity index (χ0n) is 13.5. The van der Waals surface area contributed by atoms with Crippen LogP contribution in [0.15, 0.2) is 12.7 Å². The van der Waals surface area contributed by atoms with Crippen molar-refractivity contribution in [3.63, 3.8) is 0 Å². The van der Waals surface area contributed by atoms with Crippen molar-refractivity contribution in [3.05, 3.63) is 30.0 Å². The lowest BCUT2D eigenvalue weighted by molar-refractivity contribution is 0.571. The molecule has 3 aromatic heterocycles. The van der Waals surface area contributed by atoms with Crippen LogP contribution in [0.1, 0.15) is 11.5 Å². The quantitative estimate of drug-likeness (QED) is 0.757. The van der Waals surface area contributed by atoms with Crippen LogP contribution in [0.2, 0.25) is 0 Å². The third-order valence-electron chi connectivity index (χ3n) is 4.19. The van der Waals surface area contributed by atoms with Crippen LogP contribution in [0.5, 0.6) is 0 Å². The second-order valence-corrected chi connectivity index (χ2v) is 5.77. The highest BCUT2D eigenvalue weighted by Gasteiger charge is 2.24. The fourth-order valence-electron chi connectivity index (χ4n) is 3.01. The SMILES string of the molecule is Cc1nc(C)c(F)c(N2CCN(c3ncnc4nc[nH]c34)CC2)n1. The van der Waals surface area contributed by atoms with Crippen LogP contribution in [-0.4, -0.2) is 56.1 Å². The second kappa shape index (κ2) is 5.66. The van der Waals surface area contributed by atoms with Gasteiger partial charge in [0.25, 0.3) is 0 Å². The summed E-state index contributed by atoms with van der Waals surface area (Å²) >= 11 is 0. The molecule has 124 valence electrons. The van der Waals surface area contributed by atoms with E-state index in [2.05, 4.69) is 34.8 Å². The van der Waals surface area contributed by atoms with Crippen molar-refractivity contribution in [2.75, 3.05) is 36.0 Å². The number of nitrogens with zero attached hydrogens (tertiary/aromatic N) is 7. The van der Waals surface area contributed by atoms with Gasteiger partial charge in [0.2, 0.25) is 0 Å². The molecule has 0 radical (unpaired) electrons. The molecule has 0 aromatic carbocycles. The topological polar surface area (TPSA) is 86.7 Å². The fourth-order valence-corrected chi connectivity index (χ4v) is 3.01. The first-order valence-electron chi connectivity index (χ1n) is 7.78. The van der Waals surface area contributed by atoms with Crippen molar-refractivity contribution in [2.45, 2.75) is 13.8 Å². The van der Waals surface area contributed by atoms with Gasteiger partial charge >= 0.3 is 0 Å². The van der Waals surface area contributed by atoms with Crippen LogP contribution in [0.4, 0.5) is 16.0 Å². The lowest BCUT2D eigenvalue weighted by Gasteiger charge is -2.36. The molecule has 4 rings (SSSR count). The van der Waals surface area contributed by atoms with Gasteiger partial charge in [0.05, 0.1) is 12.0 Å². The molecule has 24 heavy (non-hydrogen) atoms. The van der Waals surface area contributed by atoms with Crippen molar-refractivity contribution >= 4 is 22.8 Å². The molecule has 0 spiro atoms. The van der Waals surface area contributed by atoms with Gasteiger partial charge in [-0.05, 0) is 13.8 Å². The number of hydrogen-bond donors (Lipinski definition) is 1. The van der Waals surface area contributed by atoms with Gasteiger partial charge in [-0.25, -0.2) is 29.3 Å². The third kappa shape index (κ3) is 2.41. The minimum Gasteiger partial charge on any atom is -0.351 e. The molecule has 1 aliphatic rings. The highest BCUT2D eigenvalue weighted by atomic mass is 19.1. The van der Waals surface area contributed by atoms with E-state index in [0.717, 1.165) is 11.3 Å². The summed E-state index contributed by atoms with van der Waals surface area (Å²) in [6.07, 6.45) is 3.13. The minimum atomic E-state index is -0.341. The summed E-state index contributed by atoms with van der Waals surface area (Å²) in [5.41, 5.74) is 1.86. The lowest BCUT2D eigenvalue weighted by Crippen LogP contribution is -2.47. The molecule has 8 nitrogen and oxygen atoms in total. The molecule has 9 heteroatoms. The average Bonchev–Trinajstić information content (AvgIpc) is 3.07. The van der Waals surface area contributed by atoms with Gasteiger partial charge in [-0.2, -0.15) is 0 Å². The molecule has 1 fully saturated rings. The summed E-state index contributed by atoms with van der Waals surface area (Å²) in [5, 5.41) is 0. The van der Waals surface area contributed by atoms with E-state index < -0.39 is 0 Å². The van der Waals surface area contributed by atoms with E-state index in [1.54, 1.807) is 20.2 Å². The van der Waals surface area contributed by atoms with E-state index in [-0.39, 0.29) is 5.82 Å². The molecule has 0 aliphatic carbocycles. The number of aryl methyl sites for hydroxylation is 2. The van der Waals surface area contributed by atoms with Crippen molar-refractivity contribution < 1.29 is 4.39 Å². The number of rotatable bonds is 2. The predicted molar refractivity (Wildman–Crippen MR) is 87.6 cm³/mol. The van der Waals surface area contributed by atoms with Gasteiger partial charge in [0.15, 0.2) is 23.1 Å². The molecule has 3 aromatic rings. The Morgan fingerprint density at radius 1 is 0.958 bits per heavy atom. The molecule has 1 aliphatic heterocycles. The Balaban J connectivity index is 1.56. The summed E-state index contributed by atoms with van der Waals surface area (Å²) in [4.78, 5) is 28.2. The monoisotopic (exact) mass is 328 g/mol. The summed E-state index contributed by atoms with van der Waals surface area (Å²) in [6, 6.07) is 0. The largest absolute Gasteiger partial charge is 0.351 e. The Morgan fingerprint density at radius 3 is 2.42 bits per heavy atom. The maximum atomic E-state index is 14.3. The number of fused-ring (bicyclic) bond motifs is 1. The molecular formula is C15H17FN8. The highest BCUT2D eigenvalue weighted by Crippen LogP contribution is 2.24. The molecule has 4 heterocycles. The van der Waals surface area contributed by atoms with E-state index in [9.17, 15) is 4.39 Å². The number of aromatic amines is 1. The number of imidazole rings is 1. The van der Waals surface area contributed by atoms with Crippen molar-refractivity contribution in [3.8, 4) is 0 Å². The van der Waals surface area contributed by atoms with Crippen LogP contribution < -0.4 is 9.80 Å². The first-order chi connectivity index (χ1) is 11.6. The molecule has 0 saturated carbocycles. The zero-order valence-corrected chi connectivity index (χ0v) is 13.5. The zero-order chi connectivity index (χ0) is 16.7. The first-order valence-corrected chi connectivity index (χ1v) is 7.78. The van der Waals surface area contributed by atoms with Crippen LogP contribution >= 0.6 is 0 Å². The van der Waals surface area contributed by atoms with E-state index in [4.69, 9.17) is 0 Å². The van der Waals surface area contributed by atoms with Crippen LogP contribution in [0.3, 0.4) is 0 Å². The molecule has 0 bridgehead atoms. The number of aromatic nitrogens is 6. The van der Waals surface area contributed by atoms with Crippen molar-refractivity contribution in [1.82, 2.24) is 29.9 Å². The van der Waals surface area contributed by atoms with Gasteiger partial charge in [-0.15, -0.1) is 0 Å². The van der Waals surface area contributed by atoms with E-state index in [0.29, 0.717) is 49.2 Å². The van der Waals surface area contributed by atoms with Crippen molar-refractivity contribution in [1.29, 1.82) is 0 Å². The summed E-state index contributed by atoms with van der Waals surface area (Å²) in [6.45, 7) is 6.19. The Bertz CT molecular complexity index is 884. The summed E-state index contributed by atoms with van der Waals surface area (Å²) in [7, 11) is 0. The first kappa shape index (κ1) is 14.7. The van der Waals surface area contributed by atoms with Gasteiger partial charge in [-0.3, -0.25) is 0 Å². The number of piperazine rings is 1. The number of anilines is 2.